The van der Waals surface area contributed by atoms with Crippen molar-refractivity contribution in [2.45, 2.75) is 31.3 Å². The van der Waals surface area contributed by atoms with Crippen molar-refractivity contribution in [2.24, 2.45) is 0 Å². The molecule has 0 aromatic heterocycles. The van der Waals surface area contributed by atoms with Gasteiger partial charge in [0.1, 0.15) is 12.4 Å². The molecule has 0 amide bonds. The van der Waals surface area contributed by atoms with Crippen LogP contribution >= 0.6 is 0 Å². The molecule has 1 aliphatic heterocycles. The summed E-state index contributed by atoms with van der Waals surface area (Å²) in [5.41, 5.74) is 0.777. The van der Waals surface area contributed by atoms with Crippen molar-refractivity contribution in [3.05, 3.63) is 35.9 Å². The van der Waals surface area contributed by atoms with Crippen molar-refractivity contribution in [1.29, 1.82) is 0 Å². The van der Waals surface area contributed by atoms with Crippen LogP contribution in [0.5, 0.6) is 0 Å². The molecule has 5 nitrogen and oxygen atoms in total. The fraction of sp³-hybridized carbons (Fsp3) is 0.385. The van der Waals surface area contributed by atoms with E-state index in [-0.39, 0.29) is 12.8 Å². The number of carbonyl (C=O) groups excluding carboxylic acids is 1. The average Bonchev–Trinajstić information content (AvgIpc) is 2.38. The van der Waals surface area contributed by atoms with Gasteiger partial charge in [0, 0.05) is 12.0 Å². The van der Waals surface area contributed by atoms with E-state index >= 15 is 0 Å². The molecule has 1 saturated heterocycles. The van der Waals surface area contributed by atoms with Gasteiger partial charge in [-0.15, -0.1) is 0 Å². The van der Waals surface area contributed by atoms with Crippen molar-refractivity contribution in [1.82, 2.24) is 0 Å². The molecule has 0 spiro atoms. The Labute approximate surface area is 104 Å². The molecule has 18 heavy (non-hydrogen) atoms. The second-order valence-corrected chi connectivity index (χ2v) is 4.14. The van der Waals surface area contributed by atoms with Crippen LogP contribution in [0.4, 0.5) is 0 Å². The standard InChI is InChI=1S/C13H14O5/c14-8-11-6-10(7-12(15)16)17-13(18-11)9-4-2-1-3-5-9/h1-5,8,10-11,13H,6-7H2,(H,15,16)/t10-,11+,13-/m0/s1. The van der Waals surface area contributed by atoms with E-state index < -0.39 is 24.5 Å². The van der Waals surface area contributed by atoms with Gasteiger partial charge in [0.05, 0.1) is 12.5 Å². The molecule has 0 unspecified atom stereocenters. The molecule has 1 fully saturated rings. The lowest BCUT2D eigenvalue weighted by molar-refractivity contribution is -0.241. The first-order valence-corrected chi connectivity index (χ1v) is 5.72. The van der Waals surface area contributed by atoms with Crippen LogP contribution in [0, 0.1) is 0 Å². The van der Waals surface area contributed by atoms with Gasteiger partial charge in [-0.05, 0) is 0 Å². The van der Waals surface area contributed by atoms with Crippen molar-refractivity contribution >= 4 is 12.3 Å². The smallest absolute Gasteiger partial charge is 0.305 e. The van der Waals surface area contributed by atoms with Gasteiger partial charge in [-0.2, -0.15) is 0 Å². The maximum absolute atomic E-state index is 10.8. The lowest BCUT2D eigenvalue weighted by Gasteiger charge is -2.33. The molecule has 1 N–H and O–H groups in total. The minimum atomic E-state index is -0.946. The summed E-state index contributed by atoms with van der Waals surface area (Å²) in [5.74, 6) is -0.946. The number of carbonyl (C=O) groups is 2. The molecule has 0 bridgehead atoms. The number of aldehydes is 1. The van der Waals surface area contributed by atoms with E-state index in [0.717, 1.165) is 5.56 Å². The number of aliphatic carboxylic acids is 1. The Morgan fingerprint density at radius 2 is 2.06 bits per heavy atom. The van der Waals surface area contributed by atoms with Crippen LogP contribution in [-0.4, -0.2) is 29.6 Å². The normalized spacial score (nSPS) is 27.7. The monoisotopic (exact) mass is 250 g/mol. The van der Waals surface area contributed by atoms with Crippen LogP contribution in [0.15, 0.2) is 30.3 Å². The van der Waals surface area contributed by atoms with Gasteiger partial charge < -0.3 is 19.4 Å². The van der Waals surface area contributed by atoms with Crippen LogP contribution in [0.2, 0.25) is 0 Å². The summed E-state index contributed by atoms with van der Waals surface area (Å²) < 4.78 is 11.0. The Morgan fingerprint density at radius 3 is 2.67 bits per heavy atom. The molecule has 5 heteroatoms. The molecule has 0 radical (unpaired) electrons. The van der Waals surface area contributed by atoms with Gasteiger partial charge in [0.15, 0.2) is 6.29 Å². The van der Waals surface area contributed by atoms with E-state index in [1.54, 1.807) is 0 Å². The summed E-state index contributed by atoms with van der Waals surface area (Å²) in [4.78, 5) is 21.5. The highest BCUT2D eigenvalue weighted by Gasteiger charge is 2.31. The van der Waals surface area contributed by atoms with E-state index in [9.17, 15) is 9.59 Å². The van der Waals surface area contributed by atoms with Crippen LogP contribution in [0.1, 0.15) is 24.7 Å². The molecule has 2 rings (SSSR count). The molecule has 1 aromatic carbocycles. The number of ether oxygens (including phenoxy) is 2. The van der Waals surface area contributed by atoms with E-state index in [2.05, 4.69) is 0 Å². The minimum Gasteiger partial charge on any atom is -0.481 e. The van der Waals surface area contributed by atoms with Crippen LogP contribution in [-0.2, 0) is 19.1 Å². The quantitative estimate of drug-likeness (QED) is 0.820. The largest absolute Gasteiger partial charge is 0.481 e. The van der Waals surface area contributed by atoms with E-state index in [1.165, 1.54) is 0 Å². The Kier molecular flexibility index (Phi) is 4.07. The van der Waals surface area contributed by atoms with Gasteiger partial charge in [0.2, 0.25) is 0 Å². The van der Waals surface area contributed by atoms with Crippen LogP contribution in [0.3, 0.4) is 0 Å². The molecule has 0 aliphatic carbocycles. The average molecular weight is 250 g/mol. The maximum Gasteiger partial charge on any atom is 0.305 e. The molecule has 1 aliphatic rings. The Balaban J connectivity index is 2.11. The maximum atomic E-state index is 10.8. The third-order valence-corrected chi connectivity index (χ3v) is 2.74. The first-order chi connectivity index (χ1) is 8.69. The second-order valence-electron chi connectivity index (χ2n) is 4.14. The Hall–Kier alpha value is -1.72. The summed E-state index contributed by atoms with van der Waals surface area (Å²) in [6, 6.07) is 9.15. The fourth-order valence-corrected chi connectivity index (χ4v) is 1.92. The first kappa shape index (κ1) is 12.7. The molecule has 0 saturated carbocycles. The summed E-state index contributed by atoms with van der Waals surface area (Å²) in [6.45, 7) is 0. The first-order valence-electron chi connectivity index (χ1n) is 5.72. The van der Waals surface area contributed by atoms with Gasteiger partial charge in [0.25, 0.3) is 0 Å². The molecule has 1 aromatic rings. The zero-order valence-electron chi connectivity index (χ0n) is 9.69. The zero-order chi connectivity index (χ0) is 13.0. The number of hydrogen-bond donors (Lipinski definition) is 1. The molecule has 3 atom stereocenters. The highest BCUT2D eigenvalue weighted by Crippen LogP contribution is 2.30. The summed E-state index contributed by atoms with van der Waals surface area (Å²) in [7, 11) is 0. The SMILES string of the molecule is O=C[C@H]1C[C@@H](CC(=O)O)O[C@H](c2ccccc2)O1. The third-order valence-electron chi connectivity index (χ3n) is 2.74. The Morgan fingerprint density at radius 1 is 1.33 bits per heavy atom. The van der Waals surface area contributed by atoms with Crippen molar-refractivity contribution < 1.29 is 24.2 Å². The highest BCUT2D eigenvalue weighted by atomic mass is 16.7. The van der Waals surface area contributed by atoms with E-state index in [0.29, 0.717) is 6.29 Å². The van der Waals surface area contributed by atoms with Crippen molar-refractivity contribution in [2.75, 3.05) is 0 Å². The zero-order valence-corrected chi connectivity index (χ0v) is 9.69. The second kappa shape index (κ2) is 5.75. The summed E-state index contributed by atoms with van der Waals surface area (Å²) >= 11 is 0. The van der Waals surface area contributed by atoms with Crippen LogP contribution in [0.25, 0.3) is 0 Å². The number of carboxylic acid groups (broad SMARTS) is 1. The number of carboxylic acids is 1. The number of benzene rings is 1. The minimum absolute atomic E-state index is 0.128. The Bertz CT molecular complexity index is 417. The lowest BCUT2D eigenvalue weighted by Crippen LogP contribution is -2.35. The molecular formula is C13H14O5. The third kappa shape index (κ3) is 3.15. The van der Waals surface area contributed by atoms with Crippen molar-refractivity contribution in [3.63, 3.8) is 0 Å². The molecule has 96 valence electrons. The van der Waals surface area contributed by atoms with Gasteiger partial charge in [-0.3, -0.25) is 4.79 Å². The summed E-state index contributed by atoms with van der Waals surface area (Å²) in [5, 5.41) is 8.77. The lowest BCUT2D eigenvalue weighted by atomic mass is 10.1. The van der Waals surface area contributed by atoms with E-state index in [4.69, 9.17) is 14.6 Å². The van der Waals surface area contributed by atoms with E-state index in [1.807, 2.05) is 30.3 Å². The predicted octanol–water partition coefficient (Wildman–Crippen LogP) is 1.53. The predicted molar refractivity (Wildman–Crippen MR) is 61.9 cm³/mol. The number of rotatable bonds is 4. The molecular weight excluding hydrogens is 236 g/mol. The fourth-order valence-electron chi connectivity index (χ4n) is 1.92. The molecule has 1 heterocycles. The van der Waals surface area contributed by atoms with Crippen LogP contribution < -0.4 is 0 Å². The van der Waals surface area contributed by atoms with Gasteiger partial charge in [-0.1, -0.05) is 30.3 Å². The van der Waals surface area contributed by atoms with Crippen molar-refractivity contribution in [3.8, 4) is 0 Å². The van der Waals surface area contributed by atoms with Gasteiger partial charge in [-0.25, -0.2) is 0 Å². The number of hydrogen-bond acceptors (Lipinski definition) is 4. The topological polar surface area (TPSA) is 72.8 Å². The summed E-state index contributed by atoms with van der Waals surface area (Å²) in [6.07, 6.45) is -0.965. The highest BCUT2D eigenvalue weighted by molar-refractivity contribution is 5.67. The van der Waals surface area contributed by atoms with Gasteiger partial charge >= 0.3 is 5.97 Å².